The van der Waals surface area contributed by atoms with Crippen LogP contribution in [0.4, 0.5) is 0 Å². The average molecular weight is 220 g/mol. The van der Waals surface area contributed by atoms with Gasteiger partial charge in [-0.2, -0.15) is 0 Å². The Morgan fingerprint density at radius 3 is 2.06 bits per heavy atom. The van der Waals surface area contributed by atoms with E-state index in [1.54, 1.807) is 0 Å². The zero-order chi connectivity index (χ0) is 12.4. The zero-order valence-electron chi connectivity index (χ0n) is 11.6. The average Bonchev–Trinajstić information content (AvgIpc) is 2.33. The van der Waals surface area contributed by atoms with E-state index in [4.69, 9.17) is 0 Å². The highest BCUT2D eigenvalue weighted by molar-refractivity contribution is 5.27. The molecule has 0 aromatic carbocycles. The topological polar surface area (TPSA) is 0 Å². The van der Waals surface area contributed by atoms with Crippen LogP contribution < -0.4 is 0 Å². The minimum atomic E-state index is 0.810. The molecule has 0 unspecified atom stereocenters. The molecule has 1 aliphatic carbocycles. The van der Waals surface area contributed by atoms with Gasteiger partial charge in [0.25, 0.3) is 0 Å². The summed E-state index contributed by atoms with van der Waals surface area (Å²) in [6, 6.07) is 0. The Morgan fingerprint density at radius 2 is 1.62 bits per heavy atom. The molecule has 0 aromatic heterocycles. The van der Waals surface area contributed by atoms with Crippen LogP contribution in [0.15, 0.2) is 36.0 Å². The van der Waals surface area contributed by atoms with Crippen LogP contribution >= 0.6 is 0 Å². The van der Waals surface area contributed by atoms with Crippen LogP contribution in [0.3, 0.4) is 0 Å². The van der Waals surface area contributed by atoms with Crippen molar-refractivity contribution < 1.29 is 0 Å². The van der Waals surface area contributed by atoms with Crippen molar-refractivity contribution in [2.24, 2.45) is 5.92 Å². The Hall–Kier alpha value is -0.780. The molecule has 1 rings (SSSR count). The predicted octanol–water partition coefficient (Wildman–Crippen LogP) is 5.67. The molecular weight excluding hydrogens is 192 g/mol. The summed E-state index contributed by atoms with van der Waals surface area (Å²) >= 11 is 0. The molecule has 0 atom stereocenters. The van der Waals surface area contributed by atoms with Crippen molar-refractivity contribution in [2.45, 2.75) is 59.8 Å². The van der Waals surface area contributed by atoms with Crippen LogP contribution in [0.1, 0.15) is 59.8 Å². The van der Waals surface area contributed by atoms with E-state index in [1.807, 2.05) is 20.8 Å². The minimum absolute atomic E-state index is 0.810. The first kappa shape index (κ1) is 15.2. The standard InChI is InChI=1S/C14H22.C2H6/c1-4-13(11-10-12(2)3)14-8-6-5-7-9-14;1-2/h4,10-11,14H,2,5-9H2,1,3H3;1-2H3/b11-10-,13-4+;. The Kier molecular flexibility index (Phi) is 8.99. The van der Waals surface area contributed by atoms with Gasteiger partial charge in [-0.3, -0.25) is 0 Å². The summed E-state index contributed by atoms with van der Waals surface area (Å²) in [7, 11) is 0. The second-order valence-corrected chi connectivity index (χ2v) is 4.30. The molecule has 0 bridgehead atoms. The second-order valence-electron chi connectivity index (χ2n) is 4.30. The zero-order valence-corrected chi connectivity index (χ0v) is 11.6. The van der Waals surface area contributed by atoms with Crippen molar-refractivity contribution in [2.75, 3.05) is 0 Å². The molecule has 1 aliphatic rings. The van der Waals surface area contributed by atoms with Crippen LogP contribution in [0, 0.1) is 5.92 Å². The van der Waals surface area contributed by atoms with Gasteiger partial charge in [-0.05, 0) is 38.2 Å². The smallest absolute Gasteiger partial charge is 0.0165 e. The fraction of sp³-hybridized carbons (Fsp3) is 0.625. The number of rotatable bonds is 3. The van der Waals surface area contributed by atoms with Crippen molar-refractivity contribution in [3.63, 3.8) is 0 Å². The van der Waals surface area contributed by atoms with E-state index in [2.05, 4.69) is 31.7 Å². The maximum absolute atomic E-state index is 3.89. The summed E-state index contributed by atoms with van der Waals surface area (Å²) in [5, 5.41) is 0. The molecule has 1 fully saturated rings. The van der Waals surface area contributed by atoms with Gasteiger partial charge in [0, 0.05) is 0 Å². The molecule has 0 amide bonds. The molecule has 0 aromatic rings. The van der Waals surface area contributed by atoms with E-state index in [1.165, 1.54) is 37.7 Å². The Balaban J connectivity index is 0.00000106. The molecule has 0 nitrogen and oxygen atoms in total. The SMILES string of the molecule is C=C(C)/C=C\C(=C/C)C1CCCCC1.CC. The van der Waals surface area contributed by atoms with Gasteiger partial charge >= 0.3 is 0 Å². The lowest BCUT2D eigenvalue weighted by Crippen LogP contribution is -2.07. The van der Waals surface area contributed by atoms with Gasteiger partial charge in [0.1, 0.15) is 0 Å². The summed E-state index contributed by atoms with van der Waals surface area (Å²) < 4.78 is 0. The van der Waals surface area contributed by atoms with Gasteiger partial charge in [0.05, 0.1) is 0 Å². The maximum Gasteiger partial charge on any atom is -0.0165 e. The first-order valence-corrected chi connectivity index (χ1v) is 6.74. The van der Waals surface area contributed by atoms with Gasteiger partial charge < -0.3 is 0 Å². The molecule has 92 valence electrons. The molecule has 16 heavy (non-hydrogen) atoms. The van der Waals surface area contributed by atoms with Gasteiger partial charge in [-0.15, -0.1) is 0 Å². The Bertz CT molecular complexity index is 237. The van der Waals surface area contributed by atoms with E-state index in [9.17, 15) is 0 Å². The van der Waals surface area contributed by atoms with Gasteiger partial charge in [0.15, 0.2) is 0 Å². The fourth-order valence-electron chi connectivity index (χ4n) is 2.14. The molecule has 0 heteroatoms. The summed E-state index contributed by atoms with van der Waals surface area (Å²) in [6.45, 7) is 12.1. The van der Waals surface area contributed by atoms with Gasteiger partial charge in [-0.25, -0.2) is 0 Å². The van der Waals surface area contributed by atoms with E-state index in [-0.39, 0.29) is 0 Å². The molecule has 0 heterocycles. The van der Waals surface area contributed by atoms with Crippen molar-refractivity contribution in [1.82, 2.24) is 0 Å². The highest BCUT2D eigenvalue weighted by Crippen LogP contribution is 2.30. The Morgan fingerprint density at radius 1 is 1.06 bits per heavy atom. The highest BCUT2D eigenvalue weighted by atomic mass is 14.2. The molecular formula is C16H28. The maximum atomic E-state index is 3.89. The summed E-state index contributed by atoms with van der Waals surface area (Å²) in [4.78, 5) is 0. The molecule has 1 saturated carbocycles. The second kappa shape index (κ2) is 9.45. The summed E-state index contributed by atoms with van der Waals surface area (Å²) in [6.07, 6.45) is 13.6. The van der Waals surface area contributed by atoms with Crippen molar-refractivity contribution in [3.8, 4) is 0 Å². The van der Waals surface area contributed by atoms with Crippen LogP contribution in [0.2, 0.25) is 0 Å². The number of hydrogen-bond donors (Lipinski definition) is 0. The highest BCUT2D eigenvalue weighted by Gasteiger charge is 2.15. The summed E-state index contributed by atoms with van der Waals surface area (Å²) in [5.41, 5.74) is 2.65. The molecule has 0 radical (unpaired) electrons. The van der Waals surface area contributed by atoms with Crippen LogP contribution in [-0.4, -0.2) is 0 Å². The van der Waals surface area contributed by atoms with Crippen LogP contribution in [-0.2, 0) is 0 Å². The van der Waals surface area contributed by atoms with E-state index in [0.717, 1.165) is 11.5 Å². The number of allylic oxidation sites excluding steroid dienone is 5. The number of hydrogen-bond acceptors (Lipinski definition) is 0. The lowest BCUT2D eigenvalue weighted by Gasteiger charge is -2.22. The van der Waals surface area contributed by atoms with Crippen molar-refractivity contribution in [1.29, 1.82) is 0 Å². The summed E-state index contributed by atoms with van der Waals surface area (Å²) in [5.74, 6) is 0.810. The quantitative estimate of drug-likeness (QED) is 0.537. The normalized spacial score (nSPS) is 18.1. The minimum Gasteiger partial charge on any atom is -0.0961 e. The lowest BCUT2D eigenvalue weighted by atomic mass is 9.83. The molecule has 0 aliphatic heterocycles. The lowest BCUT2D eigenvalue weighted by molar-refractivity contribution is 0.408. The largest absolute Gasteiger partial charge is 0.0961 e. The third kappa shape index (κ3) is 5.95. The van der Waals surface area contributed by atoms with E-state index in [0.29, 0.717) is 0 Å². The third-order valence-electron chi connectivity index (χ3n) is 2.97. The molecule has 0 spiro atoms. The monoisotopic (exact) mass is 220 g/mol. The van der Waals surface area contributed by atoms with Crippen LogP contribution in [0.5, 0.6) is 0 Å². The molecule has 0 N–H and O–H groups in total. The first-order chi connectivity index (χ1) is 7.74. The fourth-order valence-corrected chi connectivity index (χ4v) is 2.14. The van der Waals surface area contributed by atoms with E-state index < -0.39 is 0 Å². The van der Waals surface area contributed by atoms with Gasteiger partial charge in [-0.1, -0.05) is 63.5 Å². The van der Waals surface area contributed by atoms with Crippen molar-refractivity contribution in [3.05, 3.63) is 36.0 Å². The predicted molar refractivity (Wildman–Crippen MR) is 75.6 cm³/mol. The first-order valence-electron chi connectivity index (χ1n) is 6.74. The Labute approximate surface area is 102 Å². The van der Waals surface area contributed by atoms with Crippen LogP contribution in [0.25, 0.3) is 0 Å². The third-order valence-corrected chi connectivity index (χ3v) is 2.97. The van der Waals surface area contributed by atoms with E-state index >= 15 is 0 Å². The van der Waals surface area contributed by atoms with Crippen molar-refractivity contribution >= 4 is 0 Å². The van der Waals surface area contributed by atoms with Gasteiger partial charge in [0.2, 0.25) is 0 Å². The molecule has 0 saturated heterocycles.